The van der Waals surface area contributed by atoms with Crippen LogP contribution < -0.4 is 15.8 Å². The lowest BCUT2D eigenvalue weighted by Gasteiger charge is -2.50. The summed E-state index contributed by atoms with van der Waals surface area (Å²) in [7, 11) is 2.01. The molecule has 2 aromatic heterocycles. The average molecular weight is 455 g/mol. The number of H-pyrrole nitrogens is 2. The molecule has 0 aliphatic carbocycles. The maximum atomic E-state index is 12.8. The Bertz CT molecular complexity index is 1030. The molecule has 5 rings (SSSR count). The molecule has 0 radical (unpaired) electrons. The molecular formula is C23H34N8O2. The predicted molar refractivity (Wildman–Crippen MR) is 127 cm³/mol. The monoisotopic (exact) mass is 454 g/mol. The predicted octanol–water partition coefficient (Wildman–Crippen LogP) is 1.99. The quantitative estimate of drug-likeness (QED) is 0.612. The number of hydrogen-bond acceptors (Lipinski definition) is 7. The van der Waals surface area contributed by atoms with Crippen molar-refractivity contribution in [2.45, 2.75) is 70.0 Å². The maximum Gasteiger partial charge on any atom is 0.254 e. The summed E-state index contributed by atoms with van der Waals surface area (Å²) in [5, 5.41) is 10.2. The van der Waals surface area contributed by atoms with Gasteiger partial charge in [0.2, 0.25) is 11.9 Å². The topological polar surface area (TPSA) is 113 Å². The van der Waals surface area contributed by atoms with Crippen LogP contribution in [0.15, 0.2) is 16.9 Å². The molecule has 10 heteroatoms. The van der Waals surface area contributed by atoms with Crippen molar-refractivity contribution in [3.8, 4) is 0 Å². The van der Waals surface area contributed by atoms with Crippen LogP contribution in [-0.4, -0.2) is 80.7 Å². The Balaban J connectivity index is 1.28. The Kier molecular flexibility index (Phi) is 6.09. The van der Waals surface area contributed by atoms with Crippen LogP contribution in [0.5, 0.6) is 0 Å². The van der Waals surface area contributed by atoms with Gasteiger partial charge in [-0.05, 0) is 45.4 Å². The molecular weight excluding hydrogens is 420 g/mol. The van der Waals surface area contributed by atoms with E-state index in [1.165, 1.54) is 12.5 Å². The SMILES string of the molecule is Cc1cc(Nc2cc(=O)[nH]c(N(C)C3C[C@H]4CCC[C@@H](C3)N4CC(=O)N3CCCC3)n2)n[nH]1. The van der Waals surface area contributed by atoms with Crippen LogP contribution in [-0.2, 0) is 4.79 Å². The highest BCUT2D eigenvalue weighted by Gasteiger charge is 2.41. The van der Waals surface area contributed by atoms with E-state index in [1.807, 2.05) is 24.9 Å². The van der Waals surface area contributed by atoms with Crippen LogP contribution in [0.2, 0.25) is 0 Å². The normalized spacial score (nSPS) is 25.3. The van der Waals surface area contributed by atoms with Gasteiger partial charge in [-0.2, -0.15) is 10.1 Å². The second kappa shape index (κ2) is 9.17. The first-order chi connectivity index (χ1) is 16.0. The number of amides is 1. The zero-order chi connectivity index (χ0) is 22.9. The minimum absolute atomic E-state index is 0.199. The van der Waals surface area contributed by atoms with Crippen molar-refractivity contribution < 1.29 is 4.79 Å². The first-order valence-electron chi connectivity index (χ1n) is 12.1. The Hall–Kier alpha value is -2.88. The number of aryl methyl sites for hydroxylation is 1. The molecule has 33 heavy (non-hydrogen) atoms. The van der Waals surface area contributed by atoms with E-state index in [1.54, 1.807) is 0 Å². The highest BCUT2D eigenvalue weighted by atomic mass is 16.2. The largest absolute Gasteiger partial charge is 0.342 e. The molecule has 10 nitrogen and oxygen atoms in total. The third kappa shape index (κ3) is 4.75. The fourth-order valence-electron chi connectivity index (χ4n) is 5.71. The van der Waals surface area contributed by atoms with Crippen molar-refractivity contribution in [2.24, 2.45) is 0 Å². The van der Waals surface area contributed by atoms with Crippen LogP contribution in [0.1, 0.15) is 50.6 Å². The number of piperidine rings is 2. The molecule has 0 spiro atoms. The Morgan fingerprint density at radius 3 is 2.55 bits per heavy atom. The molecule has 3 aliphatic heterocycles. The van der Waals surface area contributed by atoms with E-state index in [4.69, 9.17) is 0 Å². The van der Waals surface area contributed by atoms with Crippen LogP contribution in [0.4, 0.5) is 17.6 Å². The van der Waals surface area contributed by atoms with Gasteiger partial charge in [-0.25, -0.2) is 0 Å². The summed E-state index contributed by atoms with van der Waals surface area (Å²) in [6.45, 7) is 4.29. The minimum atomic E-state index is -0.199. The molecule has 3 aliphatic rings. The summed E-state index contributed by atoms with van der Waals surface area (Å²) in [4.78, 5) is 39.3. The summed E-state index contributed by atoms with van der Waals surface area (Å²) >= 11 is 0. The molecule has 3 saturated heterocycles. The van der Waals surface area contributed by atoms with Crippen molar-refractivity contribution in [3.05, 3.63) is 28.2 Å². The highest BCUT2D eigenvalue weighted by Crippen LogP contribution is 2.36. The van der Waals surface area contributed by atoms with Gasteiger partial charge in [0.1, 0.15) is 5.82 Å². The van der Waals surface area contributed by atoms with Gasteiger partial charge in [0.25, 0.3) is 5.56 Å². The smallest absolute Gasteiger partial charge is 0.254 e. The van der Waals surface area contributed by atoms with E-state index < -0.39 is 0 Å². The number of hydrogen-bond donors (Lipinski definition) is 3. The van der Waals surface area contributed by atoms with E-state index in [0.717, 1.165) is 57.3 Å². The molecule has 3 fully saturated rings. The summed E-state index contributed by atoms with van der Waals surface area (Å²) in [5.74, 6) is 1.95. The zero-order valence-corrected chi connectivity index (χ0v) is 19.5. The van der Waals surface area contributed by atoms with Gasteiger partial charge >= 0.3 is 0 Å². The molecule has 0 saturated carbocycles. The number of nitrogens with zero attached hydrogens (tertiary/aromatic N) is 5. The van der Waals surface area contributed by atoms with Gasteiger partial charge in [0.05, 0.1) is 6.54 Å². The first kappa shape index (κ1) is 21.9. The van der Waals surface area contributed by atoms with Gasteiger partial charge < -0.3 is 15.1 Å². The fraction of sp³-hybridized carbons (Fsp3) is 0.652. The fourth-order valence-corrected chi connectivity index (χ4v) is 5.71. The lowest BCUT2D eigenvalue weighted by Crippen LogP contribution is -2.58. The number of nitrogens with one attached hydrogen (secondary N) is 3. The number of aromatic amines is 2. The molecule has 3 N–H and O–H groups in total. The van der Waals surface area contributed by atoms with Crippen LogP contribution in [0.25, 0.3) is 0 Å². The summed E-state index contributed by atoms with van der Waals surface area (Å²) < 4.78 is 0. The molecule has 5 heterocycles. The lowest BCUT2D eigenvalue weighted by atomic mass is 9.81. The number of carbonyl (C=O) groups is 1. The number of likely N-dealkylation sites (tertiary alicyclic amines) is 1. The molecule has 3 atom stereocenters. The van der Waals surface area contributed by atoms with Crippen molar-refractivity contribution in [1.82, 2.24) is 30.0 Å². The van der Waals surface area contributed by atoms with Gasteiger partial charge in [0.15, 0.2) is 5.82 Å². The standard InChI is InChI=1S/C23H34N8O2/c1-15-10-20(28-27-15)24-19-13-21(32)26-23(25-19)29(2)18-11-16-6-5-7-17(12-18)31(16)14-22(33)30-8-3-4-9-30/h10,13,16-18H,3-9,11-12,14H2,1-2H3,(H3,24,25,26,27,28,32)/t16-,17+,18?. The lowest BCUT2D eigenvalue weighted by molar-refractivity contribution is -0.134. The second-order valence-electron chi connectivity index (χ2n) is 9.75. The number of anilines is 3. The maximum absolute atomic E-state index is 12.8. The van der Waals surface area contributed by atoms with Crippen molar-refractivity contribution in [3.63, 3.8) is 0 Å². The van der Waals surface area contributed by atoms with Crippen molar-refractivity contribution >= 4 is 23.5 Å². The van der Waals surface area contributed by atoms with Crippen molar-refractivity contribution in [2.75, 3.05) is 36.9 Å². The molecule has 178 valence electrons. The van der Waals surface area contributed by atoms with E-state index in [2.05, 4.69) is 35.3 Å². The average Bonchev–Trinajstić information content (AvgIpc) is 3.45. The molecule has 1 amide bonds. The number of rotatable bonds is 6. The Morgan fingerprint density at radius 1 is 1.15 bits per heavy atom. The summed E-state index contributed by atoms with van der Waals surface area (Å²) in [5.41, 5.74) is 0.733. The first-order valence-corrected chi connectivity index (χ1v) is 12.1. The molecule has 2 aromatic rings. The molecule has 1 unspecified atom stereocenters. The third-order valence-electron chi connectivity index (χ3n) is 7.45. The Morgan fingerprint density at radius 2 is 1.88 bits per heavy atom. The molecule has 0 aromatic carbocycles. The van der Waals surface area contributed by atoms with E-state index in [0.29, 0.717) is 36.2 Å². The number of carbonyl (C=O) groups excluding carboxylic acids is 1. The van der Waals surface area contributed by atoms with Crippen molar-refractivity contribution in [1.29, 1.82) is 0 Å². The van der Waals surface area contributed by atoms with Crippen LogP contribution in [0, 0.1) is 6.92 Å². The highest BCUT2D eigenvalue weighted by molar-refractivity contribution is 5.78. The van der Waals surface area contributed by atoms with E-state index in [-0.39, 0.29) is 17.5 Å². The number of fused-ring (bicyclic) bond motifs is 2. The van der Waals surface area contributed by atoms with Crippen LogP contribution >= 0.6 is 0 Å². The third-order valence-corrected chi connectivity index (χ3v) is 7.45. The van der Waals surface area contributed by atoms with Gasteiger partial charge in [-0.1, -0.05) is 6.42 Å². The van der Waals surface area contributed by atoms with E-state index in [9.17, 15) is 9.59 Å². The van der Waals surface area contributed by atoms with E-state index >= 15 is 0 Å². The van der Waals surface area contributed by atoms with Gasteiger partial charge in [-0.15, -0.1) is 0 Å². The summed E-state index contributed by atoms with van der Waals surface area (Å²) in [6.07, 6.45) is 7.67. The second-order valence-corrected chi connectivity index (χ2v) is 9.75. The number of aromatic nitrogens is 4. The summed E-state index contributed by atoms with van der Waals surface area (Å²) in [6, 6.07) is 4.38. The van der Waals surface area contributed by atoms with Crippen LogP contribution in [0.3, 0.4) is 0 Å². The minimum Gasteiger partial charge on any atom is -0.342 e. The molecule has 2 bridgehead atoms. The van der Waals surface area contributed by atoms with Gasteiger partial charge in [0, 0.05) is 56.1 Å². The Labute approximate surface area is 193 Å². The zero-order valence-electron chi connectivity index (χ0n) is 19.5. The van der Waals surface area contributed by atoms with Gasteiger partial charge in [-0.3, -0.25) is 24.6 Å².